The number of aromatic carboxylic acids is 1. The first kappa shape index (κ1) is 27.2. The molecule has 3 aromatic carbocycles. The van der Waals surface area contributed by atoms with E-state index in [-0.39, 0.29) is 5.56 Å². The lowest BCUT2D eigenvalue weighted by atomic mass is 9.84. The van der Waals surface area contributed by atoms with Crippen LogP contribution in [0.4, 0.5) is 0 Å². The number of ether oxygens (including phenoxy) is 1. The van der Waals surface area contributed by atoms with Crippen LogP contribution >= 0.6 is 11.6 Å². The summed E-state index contributed by atoms with van der Waals surface area (Å²) in [5.74, 6) is -0.210. The first-order chi connectivity index (χ1) is 19.9. The summed E-state index contributed by atoms with van der Waals surface area (Å²) >= 11 is 6.04. The van der Waals surface area contributed by atoms with Crippen LogP contribution in [0, 0.1) is 0 Å². The molecule has 2 aliphatic heterocycles. The zero-order chi connectivity index (χ0) is 28.4. The Balaban J connectivity index is 1.26. The summed E-state index contributed by atoms with van der Waals surface area (Å²) in [6.45, 7) is 2.82. The summed E-state index contributed by atoms with van der Waals surface area (Å²) < 4.78 is 6.18. The van der Waals surface area contributed by atoms with Gasteiger partial charge in [-0.05, 0) is 77.9 Å². The first-order valence-corrected chi connectivity index (χ1v) is 14.2. The largest absolute Gasteiger partial charge is 0.487 e. The number of benzene rings is 3. The third kappa shape index (κ3) is 5.64. The van der Waals surface area contributed by atoms with Gasteiger partial charge in [0.05, 0.1) is 16.9 Å². The predicted octanol–water partition coefficient (Wildman–Crippen LogP) is 6.80. The number of hydrogen-bond acceptors (Lipinski definition) is 5. The normalized spacial score (nSPS) is 17.3. The smallest absolute Gasteiger partial charge is 0.336 e. The average molecular weight is 567 g/mol. The molecule has 41 heavy (non-hydrogen) atoms. The van der Waals surface area contributed by atoms with Crippen molar-refractivity contribution in [3.63, 3.8) is 0 Å². The fourth-order valence-electron chi connectivity index (χ4n) is 5.85. The number of piperidine rings is 1. The highest BCUT2D eigenvalue weighted by Gasteiger charge is 2.33. The Morgan fingerprint density at radius 3 is 2.51 bits per heavy atom. The maximum atomic E-state index is 11.9. The van der Waals surface area contributed by atoms with E-state index < -0.39 is 11.6 Å². The summed E-state index contributed by atoms with van der Waals surface area (Å²) in [4.78, 5) is 18.9. The van der Waals surface area contributed by atoms with Gasteiger partial charge < -0.3 is 19.8 Å². The maximum absolute atomic E-state index is 11.9. The minimum absolute atomic E-state index is 0.262. The second kappa shape index (κ2) is 11.5. The number of carbonyl (C=O) groups is 1. The Morgan fingerprint density at radius 2 is 1.73 bits per heavy atom. The molecule has 3 heterocycles. The lowest BCUT2D eigenvalue weighted by Gasteiger charge is -2.38. The molecular weight excluding hydrogens is 536 g/mol. The SMILES string of the molecule is O=C(O)c1ccccc1-c1ccc2c(c1)/C(=C/CCN1CCC(O)(c3ccc(Cl)cc3)CC1)c1cccnc1CO2. The number of carboxylic acid groups (broad SMARTS) is 1. The van der Waals surface area contributed by atoms with Crippen molar-refractivity contribution in [1.82, 2.24) is 9.88 Å². The Hall–Kier alpha value is -3.97. The van der Waals surface area contributed by atoms with Crippen LogP contribution in [0.2, 0.25) is 5.02 Å². The lowest BCUT2D eigenvalue weighted by molar-refractivity contribution is -0.0254. The number of likely N-dealkylation sites (tertiary alicyclic amines) is 1. The molecule has 0 bridgehead atoms. The molecule has 0 amide bonds. The number of hydrogen-bond donors (Lipinski definition) is 2. The number of carboxylic acids is 1. The van der Waals surface area contributed by atoms with Gasteiger partial charge in [0, 0.05) is 42.0 Å². The minimum Gasteiger partial charge on any atom is -0.487 e. The van der Waals surface area contributed by atoms with Crippen molar-refractivity contribution in [2.45, 2.75) is 31.5 Å². The molecule has 4 aromatic rings. The molecule has 6 rings (SSSR count). The second-order valence-corrected chi connectivity index (χ2v) is 11.1. The van der Waals surface area contributed by atoms with Crippen molar-refractivity contribution in [3.8, 4) is 16.9 Å². The highest BCUT2D eigenvalue weighted by Crippen LogP contribution is 2.40. The first-order valence-electron chi connectivity index (χ1n) is 13.9. The van der Waals surface area contributed by atoms with Crippen LogP contribution < -0.4 is 4.74 Å². The molecule has 0 unspecified atom stereocenters. The topological polar surface area (TPSA) is 82.9 Å². The van der Waals surface area contributed by atoms with E-state index in [9.17, 15) is 15.0 Å². The third-order valence-corrected chi connectivity index (χ3v) is 8.39. The van der Waals surface area contributed by atoms with Gasteiger partial charge in [-0.15, -0.1) is 0 Å². The monoisotopic (exact) mass is 566 g/mol. The van der Waals surface area contributed by atoms with Crippen LogP contribution in [-0.4, -0.2) is 45.7 Å². The molecule has 6 nitrogen and oxygen atoms in total. The molecule has 0 atom stereocenters. The fraction of sp³-hybridized carbons (Fsp3) is 0.235. The molecule has 2 aliphatic rings. The Bertz CT molecular complexity index is 1610. The molecule has 0 saturated carbocycles. The Labute approximate surface area is 244 Å². The van der Waals surface area contributed by atoms with Crippen molar-refractivity contribution < 1.29 is 19.7 Å². The van der Waals surface area contributed by atoms with Gasteiger partial charge in [0.1, 0.15) is 12.4 Å². The number of nitrogens with zero attached hydrogens (tertiary/aromatic N) is 2. The van der Waals surface area contributed by atoms with E-state index in [0.717, 1.165) is 65.3 Å². The van der Waals surface area contributed by atoms with Gasteiger partial charge in [-0.3, -0.25) is 4.98 Å². The molecule has 1 saturated heterocycles. The maximum Gasteiger partial charge on any atom is 0.336 e. The van der Waals surface area contributed by atoms with E-state index in [4.69, 9.17) is 16.3 Å². The number of pyridine rings is 1. The standard InChI is InChI=1S/C34H31ClN2O4/c35-25-12-10-24(11-13-25)34(40)15-19-37(20-16-34)18-4-8-27-28-7-3-17-36-31(28)22-41-32-14-9-23(21-30(27)32)26-5-1-2-6-29(26)33(38)39/h1-3,5-14,17,21,40H,4,15-16,18-20,22H2,(H,38,39)/b27-8+. The van der Waals surface area contributed by atoms with Gasteiger partial charge in [0.25, 0.3) is 0 Å². The van der Waals surface area contributed by atoms with Crippen LogP contribution in [0.1, 0.15) is 52.0 Å². The number of fused-ring (bicyclic) bond motifs is 2. The van der Waals surface area contributed by atoms with Crippen LogP contribution in [0.15, 0.2) is 91.1 Å². The van der Waals surface area contributed by atoms with Gasteiger partial charge >= 0.3 is 5.97 Å². The van der Waals surface area contributed by atoms with Gasteiger partial charge in [0.15, 0.2) is 0 Å². The van der Waals surface area contributed by atoms with Crippen molar-refractivity contribution in [2.24, 2.45) is 0 Å². The van der Waals surface area contributed by atoms with E-state index in [1.165, 1.54) is 0 Å². The summed E-state index contributed by atoms with van der Waals surface area (Å²) in [7, 11) is 0. The molecule has 1 fully saturated rings. The van der Waals surface area contributed by atoms with E-state index in [1.807, 2.05) is 60.7 Å². The number of aromatic nitrogens is 1. The molecule has 0 spiro atoms. The minimum atomic E-state index is -0.957. The van der Waals surface area contributed by atoms with Crippen molar-refractivity contribution in [1.29, 1.82) is 0 Å². The van der Waals surface area contributed by atoms with E-state index >= 15 is 0 Å². The zero-order valence-electron chi connectivity index (χ0n) is 22.6. The number of halogens is 1. The van der Waals surface area contributed by atoms with E-state index in [0.29, 0.717) is 30.0 Å². The van der Waals surface area contributed by atoms with E-state index in [1.54, 1.807) is 18.3 Å². The molecule has 1 aromatic heterocycles. The highest BCUT2D eigenvalue weighted by molar-refractivity contribution is 6.30. The number of aliphatic hydroxyl groups is 1. The van der Waals surface area contributed by atoms with Crippen LogP contribution in [-0.2, 0) is 12.2 Å². The molecule has 7 heteroatoms. The second-order valence-electron chi connectivity index (χ2n) is 10.6. The van der Waals surface area contributed by atoms with Gasteiger partial charge in [0.2, 0.25) is 0 Å². The number of rotatable bonds is 6. The highest BCUT2D eigenvalue weighted by atomic mass is 35.5. The van der Waals surface area contributed by atoms with Gasteiger partial charge in [-0.25, -0.2) is 4.79 Å². The summed E-state index contributed by atoms with van der Waals surface area (Å²) in [6.07, 6.45) is 6.15. The van der Waals surface area contributed by atoms with Gasteiger partial charge in [-0.1, -0.05) is 60.1 Å². The third-order valence-electron chi connectivity index (χ3n) is 8.14. The van der Waals surface area contributed by atoms with Crippen LogP contribution in [0.5, 0.6) is 5.75 Å². The molecule has 0 aliphatic carbocycles. The molecule has 208 valence electrons. The summed E-state index contributed by atoms with van der Waals surface area (Å²) in [5.41, 5.74) is 5.68. The summed E-state index contributed by atoms with van der Waals surface area (Å²) in [6, 6.07) is 24.4. The fourth-order valence-corrected chi connectivity index (χ4v) is 5.98. The molecule has 2 N–H and O–H groups in total. The van der Waals surface area contributed by atoms with Crippen LogP contribution in [0.3, 0.4) is 0 Å². The Morgan fingerprint density at radius 1 is 0.976 bits per heavy atom. The van der Waals surface area contributed by atoms with E-state index in [2.05, 4.69) is 22.0 Å². The van der Waals surface area contributed by atoms with Crippen LogP contribution in [0.25, 0.3) is 16.7 Å². The quantitative estimate of drug-likeness (QED) is 0.267. The predicted molar refractivity (Wildman–Crippen MR) is 160 cm³/mol. The lowest BCUT2D eigenvalue weighted by Crippen LogP contribution is -2.42. The zero-order valence-corrected chi connectivity index (χ0v) is 23.3. The van der Waals surface area contributed by atoms with Gasteiger partial charge in [-0.2, -0.15) is 0 Å². The average Bonchev–Trinajstić information content (AvgIpc) is 3.15. The summed E-state index contributed by atoms with van der Waals surface area (Å²) in [5, 5.41) is 21.7. The van der Waals surface area contributed by atoms with Crippen molar-refractivity contribution in [3.05, 3.63) is 124 Å². The Kier molecular flexibility index (Phi) is 7.63. The van der Waals surface area contributed by atoms with Crippen molar-refractivity contribution >= 4 is 23.1 Å². The molecular formula is C34H31ClN2O4. The van der Waals surface area contributed by atoms with Crippen molar-refractivity contribution in [2.75, 3.05) is 19.6 Å². The molecule has 0 radical (unpaired) electrons.